The molecular formula is C31H35NO9S. The van der Waals surface area contributed by atoms with Crippen LogP contribution in [-0.2, 0) is 32.3 Å². The van der Waals surface area contributed by atoms with Crippen molar-refractivity contribution in [3.8, 4) is 17.2 Å². The Morgan fingerprint density at radius 3 is 2.14 bits per heavy atom. The van der Waals surface area contributed by atoms with E-state index >= 15 is 0 Å². The molecule has 0 bridgehead atoms. The molecule has 11 heteroatoms. The lowest BCUT2D eigenvalue weighted by molar-refractivity contribution is -0.159. The van der Waals surface area contributed by atoms with Crippen molar-refractivity contribution in [2.24, 2.45) is 0 Å². The highest BCUT2D eigenvalue weighted by Gasteiger charge is 2.26. The van der Waals surface area contributed by atoms with Crippen LogP contribution < -0.4 is 14.2 Å². The van der Waals surface area contributed by atoms with Crippen LogP contribution >= 0.6 is 0 Å². The minimum absolute atomic E-state index is 0.139. The Morgan fingerprint density at radius 1 is 0.929 bits per heavy atom. The van der Waals surface area contributed by atoms with Crippen molar-refractivity contribution >= 4 is 27.9 Å². The zero-order chi connectivity index (χ0) is 30.9. The maximum Gasteiger partial charge on any atom is 0.414 e. The summed E-state index contributed by atoms with van der Waals surface area (Å²) in [6, 6.07) is 20.4. The Balaban J connectivity index is 0.000000730. The summed E-state index contributed by atoms with van der Waals surface area (Å²) in [4.78, 5) is 21.1. The first kappa shape index (κ1) is 32.2. The summed E-state index contributed by atoms with van der Waals surface area (Å²) >= 11 is 0. The van der Waals surface area contributed by atoms with Crippen molar-refractivity contribution < 1.29 is 42.4 Å². The molecule has 10 nitrogen and oxygen atoms in total. The van der Waals surface area contributed by atoms with Gasteiger partial charge >= 0.3 is 11.9 Å². The molecule has 0 amide bonds. The predicted molar refractivity (Wildman–Crippen MR) is 158 cm³/mol. The van der Waals surface area contributed by atoms with Gasteiger partial charge in [0.2, 0.25) is 9.84 Å². The topological polar surface area (TPSA) is 140 Å². The minimum atomic E-state index is -3.55. The Morgan fingerprint density at radius 2 is 1.57 bits per heavy atom. The number of nitrogens with zero attached hydrogens (tertiary/aromatic N) is 1. The van der Waals surface area contributed by atoms with Gasteiger partial charge in [0.25, 0.3) is 0 Å². The van der Waals surface area contributed by atoms with Crippen LogP contribution in [0.25, 0.3) is 6.08 Å². The number of rotatable bonds is 11. The van der Waals surface area contributed by atoms with E-state index in [9.17, 15) is 8.42 Å². The van der Waals surface area contributed by atoms with Crippen molar-refractivity contribution in [1.82, 2.24) is 4.90 Å². The highest BCUT2D eigenvalue weighted by molar-refractivity contribution is 7.95. The van der Waals surface area contributed by atoms with Crippen LogP contribution in [0.3, 0.4) is 0 Å². The number of hydrogen-bond donors (Lipinski definition) is 2. The van der Waals surface area contributed by atoms with Crippen LogP contribution in [0.15, 0.2) is 76.5 Å². The van der Waals surface area contributed by atoms with E-state index in [-0.39, 0.29) is 11.1 Å². The van der Waals surface area contributed by atoms with E-state index < -0.39 is 21.8 Å². The molecule has 0 radical (unpaired) electrons. The number of carboxylic acids is 2. The quantitative estimate of drug-likeness (QED) is 0.240. The van der Waals surface area contributed by atoms with E-state index in [4.69, 9.17) is 34.0 Å². The van der Waals surface area contributed by atoms with Crippen molar-refractivity contribution in [3.05, 3.63) is 88.3 Å². The lowest BCUT2D eigenvalue weighted by Gasteiger charge is -2.28. The minimum Gasteiger partial charge on any atom is -0.493 e. The van der Waals surface area contributed by atoms with Crippen LogP contribution in [-0.4, -0.2) is 69.5 Å². The molecule has 0 aromatic heterocycles. The molecule has 0 spiro atoms. The lowest BCUT2D eigenvalue weighted by atomic mass is 10.1. The van der Waals surface area contributed by atoms with Gasteiger partial charge in [-0.15, -0.1) is 0 Å². The second kappa shape index (κ2) is 14.5. The molecule has 0 fully saturated rings. The van der Waals surface area contributed by atoms with E-state index in [1.54, 1.807) is 44.6 Å². The average molecular weight is 598 g/mol. The largest absolute Gasteiger partial charge is 0.493 e. The molecule has 3 aromatic rings. The van der Waals surface area contributed by atoms with Crippen LogP contribution in [0.2, 0.25) is 0 Å². The van der Waals surface area contributed by atoms with Gasteiger partial charge in [0, 0.05) is 13.0 Å². The average Bonchev–Trinajstić information content (AvgIpc) is 3.44. The fourth-order valence-electron chi connectivity index (χ4n) is 4.40. The number of sulfone groups is 1. The van der Waals surface area contributed by atoms with Crippen molar-refractivity contribution in [3.63, 3.8) is 0 Å². The molecule has 0 heterocycles. The summed E-state index contributed by atoms with van der Waals surface area (Å²) < 4.78 is 43.3. The van der Waals surface area contributed by atoms with Gasteiger partial charge in [-0.05, 0) is 79.1 Å². The maximum atomic E-state index is 13.2. The van der Waals surface area contributed by atoms with Crippen molar-refractivity contribution in [2.75, 3.05) is 27.8 Å². The number of benzene rings is 3. The first-order valence-electron chi connectivity index (χ1n) is 13.2. The first-order valence-corrected chi connectivity index (χ1v) is 14.7. The zero-order valence-corrected chi connectivity index (χ0v) is 24.8. The number of likely N-dealkylation sites (N-methyl/N-ethyl adjacent to an activating group) is 1. The fourth-order valence-corrected chi connectivity index (χ4v) is 5.82. The molecule has 0 saturated carbocycles. The van der Waals surface area contributed by atoms with Gasteiger partial charge in [-0.2, -0.15) is 0 Å². The van der Waals surface area contributed by atoms with Gasteiger partial charge in [0.1, 0.15) is 5.75 Å². The van der Waals surface area contributed by atoms with Gasteiger partial charge in [0.15, 0.2) is 17.7 Å². The van der Waals surface area contributed by atoms with Gasteiger partial charge in [-0.25, -0.2) is 18.0 Å². The Hall–Kier alpha value is -4.35. The van der Waals surface area contributed by atoms with E-state index in [1.807, 2.05) is 49.5 Å². The van der Waals surface area contributed by atoms with E-state index in [0.717, 1.165) is 36.1 Å². The third kappa shape index (κ3) is 8.11. The molecule has 0 aliphatic heterocycles. The molecule has 1 aliphatic carbocycles. The molecule has 0 saturated heterocycles. The Bertz CT molecular complexity index is 1520. The number of aliphatic carboxylic acids is 2. The van der Waals surface area contributed by atoms with Gasteiger partial charge < -0.3 is 24.4 Å². The third-order valence-electron chi connectivity index (χ3n) is 6.71. The highest BCUT2D eigenvalue weighted by atomic mass is 32.2. The number of carboxylic acid groups (broad SMARTS) is 2. The summed E-state index contributed by atoms with van der Waals surface area (Å²) in [6.07, 6.45) is 3.67. The third-order valence-corrected chi connectivity index (χ3v) is 8.56. The predicted octanol–water partition coefficient (Wildman–Crippen LogP) is 4.52. The monoisotopic (exact) mass is 597 g/mol. The van der Waals surface area contributed by atoms with Crippen LogP contribution in [0.4, 0.5) is 0 Å². The molecule has 2 N–H and O–H groups in total. The SMILES string of the molecule is CCC(Oc1ccc(S(=O)(=O)C2=Cc3ccccc3C2)cc1)N(C)CCc1ccc(OC)c(OC)c1.O=C(O)C(=O)O. The molecule has 3 aromatic carbocycles. The summed E-state index contributed by atoms with van der Waals surface area (Å²) in [6.45, 7) is 2.86. The van der Waals surface area contributed by atoms with Crippen molar-refractivity contribution in [1.29, 1.82) is 0 Å². The Kier molecular flexibility index (Phi) is 11.1. The highest BCUT2D eigenvalue weighted by Crippen LogP contribution is 2.32. The molecule has 1 unspecified atom stereocenters. The van der Waals surface area contributed by atoms with E-state index in [1.165, 1.54) is 0 Å². The second-order valence-electron chi connectivity index (χ2n) is 9.47. The second-order valence-corrected chi connectivity index (χ2v) is 11.5. The summed E-state index contributed by atoms with van der Waals surface area (Å²) in [5.41, 5.74) is 3.16. The number of carbonyl (C=O) groups is 2. The normalized spacial score (nSPS) is 12.8. The van der Waals surface area contributed by atoms with E-state index in [2.05, 4.69) is 11.8 Å². The molecular weight excluding hydrogens is 562 g/mol. The number of allylic oxidation sites excluding steroid dienone is 1. The van der Waals surface area contributed by atoms with Crippen LogP contribution in [0.1, 0.15) is 30.0 Å². The number of ether oxygens (including phenoxy) is 3. The van der Waals surface area contributed by atoms with Gasteiger partial charge in [0.05, 0.1) is 24.0 Å². The van der Waals surface area contributed by atoms with Crippen molar-refractivity contribution in [2.45, 2.75) is 37.3 Å². The number of hydrogen-bond acceptors (Lipinski definition) is 8. The maximum absolute atomic E-state index is 13.2. The Labute approximate surface area is 245 Å². The molecule has 4 rings (SSSR count). The van der Waals surface area contributed by atoms with Crippen LogP contribution in [0, 0.1) is 0 Å². The number of methoxy groups -OCH3 is 2. The first-order chi connectivity index (χ1) is 20.0. The fraction of sp³-hybridized carbons (Fsp3) is 0.290. The van der Waals surface area contributed by atoms with Crippen LogP contribution in [0.5, 0.6) is 17.2 Å². The zero-order valence-electron chi connectivity index (χ0n) is 23.9. The van der Waals surface area contributed by atoms with E-state index in [0.29, 0.717) is 28.6 Å². The van der Waals surface area contributed by atoms with Gasteiger partial charge in [-0.3, -0.25) is 4.90 Å². The molecule has 1 aliphatic rings. The molecule has 224 valence electrons. The van der Waals surface area contributed by atoms with Gasteiger partial charge in [-0.1, -0.05) is 37.3 Å². The summed E-state index contributed by atoms with van der Waals surface area (Å²) in [7, 11) is 1.74. The smallest absolute Gasteiger partial charge is 0.414 e. The number of fused-ring (bicyclic) bond motifs is 1. The lowest BCUT2D eigenvalue weighted by Crippen LogP contribution is -2.37. The molecule has 1 atom stereocenters. The summed E-state index contributed by atoms with van der Waals surface area (Å²) in [5, 5.41) is 14.8. The summed E-state index contributed by atoms with van der Waals surface area (Å²) in [5.74, 6) is -1.58. The molecule has 42 heavy (non-hydrogen) atoms. The standard InChI is InChI=1S/C29H33NO5S.C2H2O4/c1-5-29(30(2)17-16-21-10-15-27(33-3)28(18-21)34-4)35-24-11-13-25(14-12-24)36(31,32)26-19-22-8-6-7-9-23(22)20-26;3-1(4)2(5)6/h6-15,18-19,29H,5,16-17,20H2,1-4H3;(H,3,4)(H,5,6).